The van der Waals surface area contributed by atoms with Crippen molar-refractivity contribution in [3.05, 3.63) is 17.5 Å². The molecule has 1 rings (SSSR count). The Morgan fingerprint density at radius 3 is 2.88 bits per heavy atom. The minimum atomic E-state index is 0.312. The number of aromatic nitrogens is 2. The monoisotopic (exact) mass is 243 g/mol. The van der Waals surface area contributed by atoms with Gasteiger partial charge in [-0.25, -0.2) is 4.98 Å². The normalized spacial score (nSPS) is 10.8. The lowest BCUT2D eigenvalue weighted by atomic mass is 10.3. The zero-order chi connectivity index (χ0) is 11.8. The summed E-state index contributed by atoms with van der Waals surface area (Å²) in [6.45, 7) is 5.75. The van der Waals surface area contributed by atoms with Gasteiger partial charge in [-0.05, 0) is 26.7 Å². The Hall–Kier alpha value is -0.870. The first-order chi connectivity index (χ1) is 7.68. The largest absolute Gasteiger partial charge is 0.379 e. The first kappa shape index (κ1) is 13.2. The van der Waals surface area contributed by atoms with Crippen molar-refractivity contribution >= 4 is 17.4 Å². The molecule has 1 N–H and O–H groups in total. The summed E-state index contributed by atoms with van der Waals surface area (Å²) in [6, 6.07) is 0. The molecule has 0 aliphatic carbocycles. The van der Waals surface area contributed by atoms with Crippen LogP contribution in [0.2, 0.25) is 5.15 Å². The molecule has 1 aromatic rings. The minimum absolute atomic E-state index is 0.312. The number of unbranched alkanes of at least 4 members (excludes halogenated alkanes) is 1. The van der Waals surface area contributed by atoms with E-state index in [4.69, 9.17) is 16.3 Å². The van der Waals surface area contributed by atoms with Crippen LogP contribution in [0, 0.1) is 0 Å². The van der Waals surface area contributed by atoms with Crippen LogP contribution in [0.15, 0.2) is 12.4 Å². The van der Waals surface area contributed by atoms with Gasteiger partial charge in [0.1, 0.15) is 11.0 Å². The highest BCUT2D eigenvalue weighted by Crippen LogP contribution is 2.06. The van der Waals surface area contributed by atoms with Crippen molar-refractivity contribution in [3.8, 4) is 0 Å². The lowest BCUT2D eigenvalue weighted by Crippen LogP contribution is -2.07. The third kappa shape index (κ3) is 5.88. The topological polar surface area (TPSA) is 47.0 Å². The standard InChI is InChI=1S/C11H18ClN3O/c1-9(2)16-6-4-3-5-14-11-8-13-7-10(12)15-11/h7-9H,3-6H2,1-2H3,(H,14,15). The number of nitrogens with zero attached hydrogens (tertiary/aromatic N) is 2. The predicted octanol–water partition coefficient (Wildman–Crippen LogP) is 2.75. The Morgan fingerprint density at radius 1 is 1.38 bits per heavy atom. The van der Waals surface area contributed by atoms with E-state index in [9.17, 15) is 0 Å². The van der Waals surface area contributed by atoms with Gasteiger partial charge in [0.25, 0.3) is 0 Å². The van der Waals surface area contributed by atoms with Gasteiger partial charge >= 0.3 is 0 Å². The van der Waals surface area contributed by atoms with E-state index in [1.54, 1.807) is 6.20 Å². The summed E-state index contributed by atoms with van der Waals surface area (Å²) in [5.41, 5.74) is 0. The first-order valence-corrected chi connectivity index (χ1v) is 5.89. The Balaban J connectivity index is 2.07. The molecule has 4 nitrogen and oxygen atoms in total. The van der Waals surface area contributed by atoms with E-state index in [1.165, 1.54) is 6.20 Å². The molecular formula is C11H18ClN3O. The molecule has 0 saturated heterocycles. The van der Waals surface area contributed by atoms with Crippen LogP contribution in [-0.4, -0.2) is 29.2 Å². The summed E-state index contributed by atoms with van der Waals surface area (Å²) < 4.78 is 5.44. The molecule has 0 saturated carbocycles. The highest BCUT2D eigenvalue weighted by atomic mass is 35.5. The number of ether oxygens (including phenoxy) is 1. The van der Waals surface area contributed by atoms with Crippen molar-refractivity contribution in [2.45, 2.75) is 32.8 Å². The van der Waals surface area contributed by atoms with Gasteiger partial charge in [-0.3, -0.25) is 4.98 Å². The van der Waals surface area contributed by atoms with Gasteiger partial charge in [0.05, 0.1) is 18.5 Å². The van der Waals surface area contributed by atoms with E-state index in [0.717, 1.165) is 31.8 Å². The lowest BCUT2D eigenvalue weighted by Gasteiger charge is -2.08. The molecule has 0 spiro atoms. The van der Waals surface area contributed by atoms with Crippen LogP contribution in [0.3, 0.4) is 0 Å². The molecule has 0 aliphatic rings. The Morgan fingerprint density at radius 2 is 2.19 bits per heavy atom. The highest BCUT2D eigenvalue weighted by Gasteiger charge is 1.96. The molecule has 0 atom stereocenters. The zero-order valence-electron chi connectivity index (χ0n) is 9.74. The summed E-state index contributed by atoms with van der Waals surface area (Å²) in [6.07, 6.45) is 5.58. The van der Waals surface area contributed by atoms with Gasteiger partial charge in [-0.1, -0.05) is 11.6 Å². The molecule has 90 valence electrons. The smallest absolute Gasteiger partial charge is 0.149 e. The number of anilines is 1. The predicted molar refractivity (Wildman–Crippen MR) is 65.9 cm³/mol. The number of hydrogen-bond acceptors (Lipinski definition) is 4. The fraction of sp³-hybridized carbons (Fsp3) is 0.636. The van der Waals surface area contributed by atoms with E-state index >= 15 is 0 Å². The third-order valence-electron chi connectivity index (χ3n) is 1.93. The molecule has 0 aromatic carbocycles. The molecule has 0 aliphatic heterocycles. The second-order valence-electron chi connectivity index (χ2n) is 3.78. The van der Waals surface area contributed by atoms with E-state index in [1.807, 2.05) is 13.8 Å². The second kappa shape index (κ2) is 7.41. The summed E-state index contributed by atoms with van der Waals surface area (Å²) in [5.74, 6) is 0.720. The minimum Gasteiger partial charge on any atom is -0.379 e. The first-order valence-electron chi connectivity index (χ1n) is 5.51. The molecule has 16 heavy (non-hydrogen) atoms. The fourth-order valence-electron chi connectivity index (χ4n) is 1.19. The van der Waals surface area contributed by atoms with Crippen LogP contribution in [-0.2, 0) is 4.74 Å². The van der Waals surface area contributed by atoms with E-state index in [2.05, 4.69) is 15.3 Å². The van der Waals surface area contributed by atoms with Crippen molar-refractivity contribution in [2.24, 2.45) is 0 Å². The summed E-state index contributed by atoms with van der Waals surface area (Å²) in [5, 5.41) is 3.57. The number of halogens is 1. The van der Waals surface area contributed by atoms with Gasteiger partial charge in [0, 0.05) is 13.2 Å². The number of rotatable bonds is 7. The molecule has 0 bridgehead atoms. The third-order valence-corrected chi connectivity index (χ3v) is 2.12. The van der Waals surface area contributed by atoms with Gasteiger partial charge in [-0.2, -0.15) is 0 Å². The second-order valence-corrected chi connectivity index (χ2v) is 4.17. The van der Waals surface area contributed by atoms with Crippen LogP contribution in [0.5, 0.6) is 0 Å². The van der Waals surface area contributed by atoms with Gasteiger partial charge in [0.2, 0.25) is 0 Å². The maximum atomic E-state index is 5.71. The Kier molecular flexibility index (Phi) is 6.11. The van der Waals surface area contributed by atoms with E-state index in [0.29, 0.717) is 11.3 Å². The molecule has 1 aromatic heterocycles. The maximum Gasteiger partial charge on any atom is 0.149 e. The zero-order valence-corrected chi connectivity index (χ0v) is 10.5. The van der Waals surface area contributed by atoms with Crippen LogP contribution >= 0.6 is 11.6 Å². The molecule has 0 fully saturated rings. The summed E-state index contributed by atoms with van der Waals surface area (Å²) in [4.78, 5) is 8.02. The quantitative estimate of drug-likeness (QED) is 0.748. The molecule has 5 heteroatoms. The van der Waals surface area contributed by atoms with E-state index < -0.39 is 0 Å². The molecule has 0 radical (unpaired) electrons. The molecular weight excluding hydrogens is 226 g/mol. The average Bonchev–Trinajstić information content (AvgIpc) is 2.23. The van der Waals surface area contributed by atoms with Gasteiger partial charge in [-0.15, -0.1) is 0 Å². The molecule has 0 amide bonds. The Bertz CT molecular complexity index is 307. The van der Waals surface area contributed by atoms with Crippen molar-refractivity contribution < 1.29 is 4.74 Å². The fourth-order valence-corrected chi connectivity index (χ4v) is 1.34. The van der Waals surface area contributed by atoms with Gasteiger partial charge in [0.15, 0.2) is 0 Å². The summed E-state index contributed by atoms with van der Waals surface area (Å²) in [7, 11) is 0. The van der Waals surface area contributed by atoms with Crippen molar-refractivity contribution in [2.75, 3.05) is 18.5 Å². The average molecular weight is 244 g/mol. The van der Waals surface area contributed by atoms with Crippen LogP contribution in [0.1, 0.15) is 26.7 Å². The van der Waals surface area contributed by atoms with Crippen molar-refractivity contribution in [3.63, 3.8) is 0 Å². The highest BCUT2D eigenvalue weighted by molar-refractivity contribution is 6.29. The van der Waals surface area contributed by atoms with Crippen LogP contribution in [0.25, 0.3) is 0 Å². The number of hydrogen-bond donors (Lipinski definition) is 1. The van der Waals surface area contributed by atoms with E-state index in [-0.39, 0.29) is 0 Å². The SMILES string of the molecule is CC(C)OCCCCNc1cncc(Cl)n1. The van der Waals surface area contributed by atoms with Gasteiger partial charge < -0.3 is 10.1 Å². The maximum absolute atomic E-state index is 5.71. The molecule has 0 unspecified atom stereocenters. The number of nitrogens with one attached hydrogen (secondary N) is 1. The van der Waals surface area contributed by atoms with Crippen molar-refractivity contribution in [1.82, 2.24) is 9.97 Å². The Labute approximate surface area is 101 Å². The lowest BCUT2D eigenvalue weighted by molar-refractivity contribution is 0.0765. The summed E-state index contributed by atoms with van der Waals surface area (Å²) >= 11 is 5.71. The van der Waals surface area contributed by atoms with Crippen LogP contribution in [0.4, 0.5) is 5.82 Å². The molecule has 1 heterocycles. The van der Waals surface area contributed by atoms with Crippen molar-refractivity contribution in [1.29, 1.82) is 0 Å². The van der Waals surface area contributed by atoms with Crippen LogP contribution < -0.4 is 5.32 Å².